The summed E-state index contributed by atoms with van der Waals surface area (Å²) in [5, 5.41) is 1.12. The normalized spacial score (nSPS) is 14.8. The highest BCUT2D eigenvalue weighted by molar-refractivity contribution is 5.99. The van der Waals surface area contributed by atoms with Gasteiger partial charge < -0.3 is 14.4 Å². The largest absolute Gasteiger partial charge is 0.337 e. The molecule has 1 aliphatic rings. The van der Waals surface area contributed by atoms with Crippen molar-refractivity contribution in [3.8, 4) is 11.1 Å². The average Bonchev–Trinajstić information content (AvgIpc) is 3.23. The number of piperidine rings is 1. The first-order valence-corrected chi connectivity index (χ1v) is 11.8. The van der Waals surface area contributed by atoms with E-state index in [0.717, 1.165) is 42.5 Å². The Labute approximate surface area is 196 Å². The molecule has 33 heavy (non-hydrogen) atoms. The van der Waals surface area contributed by atoms with Crippen molar-refractivity contribution < 1.29 is 4.79 Å². The summed E-state index contributed by atoms with van der Waals surface area (Å²) in [7, 11) is 4.26. The zero-order chi connectivity index (χ0) is 22.8. The van der Waals surface area contributed by atoms with E-state index < -0.39 is 0 Å². The van der Waals surface area contributed by atoms with Gasteiger partial charge in [-0.25, -0.2) is 0 Å². The highest BCUT2D eigenvalue weighted by Crippen LogP contribution is 2.25. The molecule has 5 rings (SSSR count). The molecule has 0 radical (unpaired) electrons. The van der Waals surface area contributed by atoms with E-state index in [1.165, 1.54) is 16.7 Å². The first-order valence-electron chi connectivity index (χ1n) is 11.8. The number of likely N-dealkylation sites (tertiary alicyclic amines) is 1. The van der Waals surface area contributed by atoms with Gasteiger partial charge in [-0.15, -0.1) is 0 Å². The van der Waals surface area contributed by atoms with E-state index in [2.05, 4.69) is 90.3 Å². The Balaban J connectivity index is 1.42. The molecule has 1 aromatic heterocycles. The van der Waals surface area contributed by atoms with Gasteiger partial charge >= 0.3 is 0 Å². The first kappa shape index (κ1) is 21.5. The summed E-state index contributed by atoms with van der Waals surface area (Å²) in [5.41, 5.74) is 5.50. The van der Waals surface area contributed by atoms with Crippen molar-refractivity contribution in [2.75, 3.05) is 27.2 Å². The van der Waals surface area contributed by atoms with Crippen LogP contribution in [0.1, 0.15) is 28.9 Å². The zero-order valence-electron chi connectivity index (χ0n) is 19.4. The molecule has 1 aliphatic heterocycles. The summed E-state index contributed by atoms with van der Waals surface area (Å²) in [4.78, 5) is 17.9. The van der Waals surface area contributed by atoms with Crippen LogP contribution in [0, 0.1) is 0 Å². The Kier molecular flexibility index (Phi) is 6.01. The maximum absolute atomic E-state index is 13.6. The van der Waals surface area contributed by atoms with Gasteiger partial charge in [-0.05, 0) is 55.8 Å². The molecule has 4 nitrogen and oxygen atoms in total. The van der Waals surface area contributed by atoms with E-state index in [1.54, 1.807) is 0 Å². The molecule has 4 aromatic rings. The van der Waals surface area contributed by atoms with Gasteiger partial charge in [0.15, 0.2) is 0 Å². The fourth-order valence-electron chi connectivity index (χ4n) is 4.92. The lowest BCUT2D eigenvalue weighted by molar-refractivity contribution is 0.0653. The minimum Gasteiger partial charge on any atom is -0.337 e. The van der Waals surface area contributed by atoms with Gasteiger partial charge in [0.2, 0.25) is 0 Å². The molecular formula is C29H31N3O. The maximum atomic E-state index is 13.6. The van der Waals surface area contributed by atoms with E-state index in [1.807, 2.05) is 23.1 Å². The van der Waals surface area contributed by atoms with Gasteiger partial charge in [-0.1, -0.05) is 72.8 Å². The van der Waals surface area contributed by atoms with E-state index >= 15 is 0 Å². The van der Waals surface area contributed by atoms with Crippen LogP contribution in [0.25, 0.3) is 22.0 Å². The summed E-state index contributed by atoms with van der Waals surface area (Å²) in [5.74, 6) is 0.143. The minimum absolute atomic E-state index is 0.143. The molecule has 0 spiro atoms. The van der Waals surface area contributed by atoms with Crippen LogP contribution in [0.4, 0.5) is 0 Å². The summed E-state index contributed by atoms with van der Waals surface area (Å²) in [6.45, 7) is 2.31. The Morgan fingerprint density at radius 1 is 0.848 bits per heavy atom. The van der Waals surface area contributed by atoms with E-state index in [0.29, 0.717) is 12.6 Å². The smallest absolute Gasteiger partial charge is 0.270 e. The molecule has 0 saturated carbocycles. The molecule has 2 heterocycles. The number of carbonyl (C=O) groups is 1. The molecule has 0 unspecified atom stereocenters. The van der Waals surface area contributed by atoms with Crippen LogP contribution in [0.15, 0.2) is 84.9 Å². The van der Waals surface area contributed by atoms with Crippen molar-refractivity contribution in [2.45, 2.75) is 25.4 Å². The molecule has 1 amide bonds. The summed E-state index contributed by atoms with van der Waals surface area (Å²) in [6.07, 6.45) is 2.06. The number of amides is 1. The predicted octanol–water partition coefficient (Wildman–Crippen LogP) is 5.52. The quantitative estimate of drug-likeness (QED) is 0.411. The van der Waals surface area contributed by atoms with E-state index in [4.69, 9.17) is 0 Å². The molecular weight excluding hydrogens is 406 g/mol. The third-order valence-corrected chi connectivity index (χ3v) is 6.91. The van der Waals surface area contributed by atoms with Crippen LogP contribution in [0.2, 0.25) is 0 Å². The third kappa shape index (κ3) is 4.44. The van der Waals surface area contributed by atoms with Crippen molar-refractivity contribution in [1.29, 1.82) is 0 Å². The Morgan fingerprint density at radius 3 is 2.18 bits per heavy atom. The van der Waals surface area contributed by atoms with Crippen LogP contribution < -0.4 is 0 Å². The Morgan fingerprint density at radius 2 is 1.48 bits per heavy atom. The number of carbonyl (C=O) groups excluding carboxylic acids is 1. The van der Waals surface area contributed by atoms with Gasteiger partial charge in [0, 0.05) is 36.6 Å². The SMILES string of the molecule is CN(C)C1CCN(C(=O)c2cc3ccccc3n2Cc2ccc(-c3ccccc3)cc2)CC1. The Bertz CT molecular complexity index is 1230. The number of nitrogens with zero attached hydrogens (tertiary/aromatic N) is 3. The van der Waals surface area contributed by atoms with Gasteiger partial charge in [0.1, 0.15) is 5.69 Å². The first-order chi connectivity index (χ1) is 16.1. The lowest BCUT2D eigenvalue weighted by Crippen LogP contribution is -2.44. The summed E-state index contributed by atoms with van der Waals surface area (Å²) >= 11 is 0. The Hall–Kier alpha value is -3.37. The standard InChI is InChI=1S/C29H31N3O/c1-30(2)26-16-18-31(19-17-26)29(33)28-20-25-10-6-7-11-27(25)32(28)21-22-12-14-24(15-13-22)23-8-4-3-5-9-23/h3-15,20,26H,16-19,21H2,1-2H3. The van der Waals surface area contributed by atoms with Crippen LogP contribution in [-0.4, -0.2) is 53.5 Å². The van der Waals surface area contributed by atoms with Gasteiger partial charge in [-0.2, -0.15) is 0 Å². The zero-order valence-corrected chi connectivity index (χ0v) is 19.4. The van der Waals surface area contributed by atoms with Crippen LogP contribution in [0.3, 0.4) is 0 Å². The number of rotatable bonds is 5. The highest BCUT2D eigenvalue weighted by Gasteiger charge is 2.27. The van der Waals surface area contributed by atoms with Crippen LogP contribution in [-0.2, 0) is 6.54 Å². The molecule has 0 bridgehead atoms. The number of hydrogen-bond donors (Lipinski definition) is 0. The number of para-hydroxylation sites is 1. The average molecular weight is 438 g/mol. The fourth-order valence-corrected chi connectivity index (χ4v) is 4.92. The van der Waals surface area contributed by atoms with Crippen molar-refractivity contribution in [3.63, 3.8) is 0 Å². The maximum Gasteiger partial charge on any atom is 0.270 e. The molecule has 1 saturated heterocycles. The summed E-state index contributed by atoms with van der Waals surface area (Å²) in [6, 6.07) is 30.0. The molecule has 168 valence electrons. The third-order valence-electron chi connectivity index (χ3n) is 6.91. The lowest BCUT2D eigenvalue weighted by atomic mass is 10.0. The van der Waals surface area contributed by atoms with Gasteiger partial charge in [0.05, 0.1) is 0 Å². The second-order valence-corrected chi connectivity index (χ2v) is 9.22. The lowest BCUT2D eigenvalue weighted by Gasteiger charge is -2.35. The molecule has 0 N–H and O–H groups in total. The second-order valence-electron chi connectivity index (χ2n) is 9.22. The fraction of sp³-hybridized carbons (Fsp3) is 0.276. The number of aromatic nitrogens is 1. The van der Waals surface area contributed by atoms with Crippen LogP contribution in [0.5, 0.6) is 0 Å². The van der Waals surface area contributed by atoms with Gasteiger partial charge in [0.25, 0.3) is 5.91 Å². The van der Waals surface area contributed by atoms with Gasteiger partial charge in [-0.3, -0.25) is 4.79 Å². The molecule has 1 fully saturated rings. The number of fused-ring (bicyclic) bond motifs is 1. The van der Waals surface area contributed by atoms with Crippen LogP contribution >= 0.6 is 0 Å². The number of benzene rings is 3. The summed E-state index contributed by atoms with van der Waals surface area (Å²) < 4.78 is 2.19. The van der Waals surface area contributed by atoms with Crippen molar-refractivity contribution in [3.05, 3.63) is 96.2 Å². The number of hydrogen-bond acceptors (Lipinski definition) is 2. The van der Waals surface area contributed by atoms with Crippen molar-refractivity contribution >= 4 is 16.8 Å². The van der Waals surface area contributed by atoms with Crippen molar-refractivity contribution in [2.24, 2.45) is 0 Å². The van der Waals surface area contributed by atoms with E-state index in [-0.39, 0.29) is 5.91 Å². The van der Waals surface area contributed by atoms with Crippen molar-refractivity contribution in [1.82, 2.24) is 14.4 Å². The molecule has 0 aliphatic carbocycles. The molecule has 4 heteroatoms. The topological polar surface area (TPSA) is 28.5 Å². The predicted molar refractivity (Wildman–Crippen MR) is 136 cm³/mol. The van der Waals surface area contributed by atoms with E-state index in [9.17, 15) is 4.79 Å². The molecule has 3 aromatic carbocycles. The minimum atomic E-state index is 0.143. The highest BCUT2D eigenvalue weighted by atomic mass is 16.2. The monoisotopic (exact) mass is 437 g/mol. The second kappa shape index (κ2) is 9.24. The molecule has 0 atom stereocenters.